The molecule has 0 aliphatic heterocycles. The van der Waals surface area contributed by atoms with Gasteiger partial charge in [0.15, 0.2) is 11.5 Å². The summed E-state index contributed by atoms with van der Waals surface area (Å²) in [5, 5.41) is 7.06. The van der Waals surface area contributed by atoms with Crippen LogP contribution < -0.4 is 19.6 Å². The second-order valence-electron chi connectivity index (χ2n) is 7.01. The molecule has 0 aromatic heterocycles. The fraction of sp³-hybridized carbons (Fsp3) is 0.130. The van der Waals surface area contributed by atoms with Crippen LogP contribution in [-0.4, -0.2) is 27.6 Å². The Morgan fingerprint density at radius 3 is 2.41 bits per heavy atom. The summed E-state index contributed by atoms with van der Waals surface area (Å²) in [6.45, 7) is 1.67. The van der Waals surface area contributed by atoms with Gasteiger partial charge >= 0.3 is 0 Å². The second kappa shape index (κ2) is 11.4. The molecular weight excluding hydrogens is 546 g/mol. The topological polar surface area (TPSA) is 106 Å². The molecule has 0 heterocycles. The molecule has 0 saturated heterocycles. The zero-order valence-electron chi connectivity index (χ0n) is 18.2. The van der Waals surface area contributed by atoms with E-state index >= 15 is 0 Å². The number of nitrogens with one attached hydrogen (secondary N) is 2. The van der Waals surface area contributed by atoms with Gasteiger partial charge in [0.2, 0.25) is 5.91 Å². The first-order chi connectivity index (χ1) is 16.2. The highest BCUT2D eigenvalue weighted by Gasteiger charge is 2.14. The highest BCUT2D eigenvalue weighted by Crippen LogP contribution is 2.37. The third-order valence-corrected chi connectivity index (χ3v) is 6.50. The summed E-state index contributed by atoms with van der Waals surface area (Å²) in [4.78, 5) is 13.3. The molecule has 34 heavy (non-hydrogen) atoms. The van der Waals surface area contributed by atoms with Crippen LogP contribution in [0.25, 0.3) is 0 Å². The Morgan fingerprint density at radius 2 is 1.79 bits per heavy atom. The van der Waals surface area contributed by atoms with E-state index in [4.69, 9.17) is 21.1 Å². The molecule has 8 nitrogen and oxygen atoms in total. The molecule has 0 atom stereocenters. The van der Waals surface area contributed by atoms with Gasteiger partial charge in [-0.25, -0.2) is 4.83 Å². The number of sulfonamides is 1. The van der Waals surface area contributed by atoms with E-state index in [2.05, 4.69) is 31.2 Å². The highest BCUT2D eigenvalue weighted by molar-refractivity contribution is 9.10. The standard InChI is InChI=1S/C23H21BrClN3O5S/c1-15(29)27-19-7-9-20(10-8-19)34(30,31)28-26-13-17-11-21(24)23(22(12-17)32-2)33-14-16-3-5-18(25)6-4-16/h3-13,28H,14H2,1-2H3,(H,27,29)/b26-13-. The van der Waals surface area contributed by atoms with E-state index in [9.17, 15) is 13.2 Å². The summed E-state index contributed by atoms with van der Waals surface area (Å²) in [5.74, 6) is 0.692. The van der Waals surface area contributed by atoms with Gasteiger partial charge < -0.3 is 14.8 Å². The number of carbonyl (C=O) groups is 1. The van der Waals surface area contributed by atoms with Gasteiger partial charge in [0.25, 0.3) is 10.0 Å². The minimum Gasteiger partial charge on any atom is -0.493 e. The first-order valence-corrected chi connectivity index (χ1v) is 12.5. The van der Waals surface area contributed by atoms with Crippen molar-refractivity contribution in [2.45, 2.75) is 18.4 Å². The summed E-state index contributed by atoms with van der Waals surface area (Å²) in [6, 6.07) is 16.4. The van der Waals surface area contributed by atoms with Crippen LogP contribution in [0.5, 0.6) is 11.5 Å². The lowest BCUT2D eigenvalue weighted by molar-refractivity contribution is -0.114. The third kappa shape index (κ3) is 6.96. The van der Waals surface area contributed by atoms with E-state index in [0.29, 0.717) is 38.9 Å². The van der Waals surface area contributed by atoms with Crippen LogP contribution in [0, 0.1) is 0 Å². The van der Waals surface area contributed by atoms with Gasteiger partial charge in [-0.2, -0.15) is 13.5 Å². The molecule has 0 saturated carbocycles. The van der Waals surface area contributed by atoms with Crippen LogP contribution in [0.3, 0.4) is 0 Å². The lowest BCUT2D eigenvalue weighted by Crippen LogP contribution is -2.18. The van der Waals surface area contributed by atoms with E-state index < -0.39 is 10.0 Å². The number of nitrogens with zero attached hydrogens (tertiary/aromatic N) is 1. The molecule has 0 spiro atoms. The summed E-state index contributed by atoms with van der Waals surface area (Å²) < 4.78 is 36.9. The zero-order chi connectivity index (χ0) is 24.7. The molecule has 3 aromatic carbocycles. The van der Waals surface area contributed by atoms with Crippen molar-refractivity contribution < 1.29 is 22.7 Å². The Hall–Kier alpha value is -3.08. The number of halogens is 2. The summed E-state index contributed by atoms with van der Waals surface area (Å²) in [7, 11) is -2.38. The molecule has 11 heteroatoms. The fourth-order valence-corrected chi connectivity index (χ4v) is 4.33. The van der Waals surface area contributed by atoms with Crippen LogP contribution in [0.1, 0.15) is 18.1 Å². The smallest absolute Gasteiger partial charge is 0.276 e. The maximum Gasteiger partial charge on any atom is 0.276 e. The molecule has 178 valence electrons. The Bertz CT molecular complexity index is 1300. The molecule has 0 radical (unpaired) electrons. The number of hydrogen-bond acceptors (Lipinski definition) is 6. The molecule has 1 amide bonds. The van der Waals surface area contributed by atoms with Gasteiger partial charge in [-0.15, -0.1) is 0 Å². The first-order valence-electron chi connectivity index (χ1n) is 9.85. The van der Waals surface area contributed by atoms with Crippen LogP contribution in [-0.2, 0) is 21.4 Å². The number of carbonyl (C=O) groups excluding carboxylic acids is 1. The largest absolute Gasteiger partial charge is 0.493 e. The quantitative estimate of drug-likeness (QED) is 0.281. The number of hydrogen-bond donors (Lipinski definition) is 2. The Kier molecular flexibility index (Phi) is 8.54. The number of benzene rings is 3. The molecule has 3 rings (SSSR count). The van der Waals surface area contributed by atoms with Gasteiger partial charge in [0.1, 0.15) is 6.61 Å². The zero-order valence-corrected chi connectivity index (χ0v) is 21.4. The van der Waals surface area contributed by atoms with Crippen molar-refractivity contribution in [2.24, 2.45) is 5.10 Å². The number of ether oxygens (including phenoxy) is 2. The number of amides is 1. The fourth-order valence-electron chi connectivity index (χ4n) is 2.83. The average Bonchev–Trinajstić information content (AvgIpc) is 2.79. The summed E-state index contributed by atoms with van der Waals surface area (Å²) in [6.07, 6.45) is 1.35. The highest BCUT2D eigenvalue weighted by atomic mass is 79.9. The van der Waals surface area contributed by atoms with E-state index in [1.165, 1.54) is 44.5 Å². The van der Waals surface area contributed by atoms with E-state index in [0.717, 1.165) is 5.56 Å². The molecule has 0 aliphatic carbocycles. The second-order valence-corrected chi connectivity index (χ2v) is 9.96. The first kappa shape index (κ1) is 25.5. The third-order valence-electron chi connectivity index (χ3n) is 4.42. The number of hydrazone groups is 1. The predicted octanol–water partition coefficient (Wildman–Crippen LogP) is 4.96. The van der Waals surface area contributed by atoms with Gasteiger partial charge in [-0.1, -0.05) is 23.7 Å². The van der Waals surface area contributed by atoms with Gasteiger partial charge in [-0.05, 0) is 75.6 Å². The van der Waals surface area contributed by atoms with Crippen molar-refractivity contribution in [2.75, 3.05) is 12.4 Å². The molecular formula is C23H21BrClN3O5S. The summed E-state index contributed by atoms with van der Waals surface area (Å²) >= 11 is 9.37. The van der Waals surface area contributed by atoms with Crippen LogP contribution in [0.2, 0.25) is 5.02 Å². The molecule has 0 aliphatic rings. The lowest BCUT2D eigenvalue weighted by atomic mass is 10.2. The van der Waals surface area contributed by atoms with Crippen molar-refractivity contribution in [3.63, 3.8) is 0 Å². The number of anilines is 1. The maximum absolute atomic E-state index is 12.5. The SMILES string of the molecule is COc1cc(/C=N\NS(=O)(=O)c2ccc(NC(C)=O)cc2)cc(Br)c1OCc1ccc(Cl)cc1. The molecule has 3 aromatic rings. The maximum atomic E-state index is 12.5. The Balaban J connectivity index is 1.69. The van der Waals surface area contributed by atoms with E-state index in [1.54, 1.807) is 24.3 Å². The number of methoxy groups -OCH3 is 1. The normalized spacial score (nSPS) is 11.3. The molecule has 0 fully saturated rings. The molecule has 0 bridgehead atoms. The van der Waals surface area contributed by atoms with Crippen LogP contribution >= 0.6 is 27.5 Å². The van der Waals surface area contributed by atoms with Crippen molar-refractivity contribution in [3.8, 4) is 11.5 Å². The van der Waals surface area contributed by atoms with Gasteiger partial charge in [0, 0.05) is 17.6 Å². The Labute approximate surface area is 211 Å². The van der Waals surface area contributed by atoms with Crippen molar-refractivity contribution >= 4 is 55.4 Å². The predicted molar refractivity (Wildman–Crippen MR) is 135 cm³/mol. The van der Waals surface area contributed by atoms with E-state index in [1.807, 2.05) is 12.1 Å². The van der Waals surface area contributed by atoms with Crippen molar-refractivity contribution in [3.05, 3.63) is 81.3 Å². The lowest BCUT2D eigenvalue weighted by Gasteiger charge is -2.13. The summed E-state index contributed by atoms with van der Waals surface area (Å²) in [5.41, 5.74) is 2.00. The average molecular weight is 567 g/mol. The van der Waals surface area contributed by atoms with E-state index in [-0.39, 0.29) is 10.8 Å². The van der Waals surface area contributed by atoms with Crippen molar-refractivity contribution in [1.29, 1.82) is 0 Å². The Morgan fingerprint density at radius 1 is 1.12 bits per heavy atom. The minimum atomic E-state index is -3.89. The van der Waals surface area contributed by atoms with Gasteiger partial charge in [-0.3, -0.25) is 4.79 Å². The van der Waals surface area contributed by atoms with Crippen LogP contribution in [0.15, 0.2) is 75.1 Å². The minimum absolute atomic E-state index is 0.00320. The van der Waals surface area contributed by atoms with Crippen LogP contribution in [0.4, 0.5) is 5.69 Å². The van der Waals surface area contributed by atoms with Crippen molar-refractivity contribution in [1.82, 2.24) is 4.83 Å². The molecule has 0 unspecified atom stereocenters. The monoisotopic (exact) mass is 565 g/mol. The molecule has 2 N–H and O–H groups in total. The van der Waals surface area contributed by atoms with Gasteiger partial charge in [0.05, 0.1) is 22.7 Å². The number of rotatable bonds is 9.